The highest BCUT2D eigenvalue weighted by molar-refractivity contribution is 7.89. The van der Waals surface area contributed by atoms with Crippen molar-refractivity contribution in [3.05, 3.63) is 53.6 Å². The number of halogens is 1. The van der Waals surface area contributed by atoms with Gasteiger partial charge in [-0.3, -0.25) is 15.0 Å². The van der Waals surface area contributed by atoms with Crippen molar-refractivity contribution in [2.45, 2.75) is 24.7 Å². The Morgan fingerprint density at radius 3 is 2.18 bits per heavy atom. The number of benzene rings is 2. The van der Waals surface area contributed by atoms with Crippen LogP contribution in [0, 0.1) is 0 Å². The molecule has 2 aromatic carbocycles. The van der Waals surface area contributed by atoms with Crippen LogP contribution in [0.1, 0.15) is 19.8 Å². The quantitative estimate of drug-likeness (QED) is 0.534. The van der Waals surface area contributed by atoms with Crippen molar-refractivity contribution in [1.29, 1.82) is 0 Å². The summed E-state index contributed by atoms with van der Waals surface area (Å²) < 4.78 is 29.4. The molecule has 0 aromatic heterocycles. The van der Waals surface area contributed by atoms with Crippen LogP contribution in [-0.4, -0.2) is 26.8 Å². The molecule has 0 spiro atoms. The van der Waals surface area contributed by atoms with Crippen molar-refractivity contribution in [3.63, 3.8) is 0 Å². The first-order valence-corrected chi connectivity index (χ1v) is 10.2. The first-order chi connectivity index (χ1) is 13.3. The molecule has 0 aliphatic carbocycles. The van der Waals surface area contributed by atoms with Gasteiger partial charge in [-0.25, -0.2) is 8.42 Å². The van der Waals surface area contributed by atoms with E-state index < -0.39 is 15.9 Å². The van der Waals surface area contributed by atoms with E-state index in [1.807, 2.05) is 11.8 Å². The van der Waals surface area contributed by atoms with Gasteiger partial charge < -0.3 is 10.1 Å². The van der Waals surface area contributed by atoms with Crippen LogP contribution in [0.3, 0.4) is 0 Å². The predicted molar refractivity (Wildman–Crippen MR) is 105 cm³/mol. The molecule has 0 fully saturated rings. The molecule has 3 N–H and O–H groups in total. The van der Waals surface area contributed by atoms with Gasteiger partial charge in [-0.2, -0.15) is 0 Å². The molecule has 2 aromatic rings. The van der Waals surface area contributed by atoms with Crippen LogP contribution in [0.25, 0.3) is 0 Å². The Balaban J connectivity index is 1.77. The highest BCUT2D eigenvalue weighted by Crippen LogP contribution is 2.16. The summed E-state index contributed by atoms with van der Waals surface area (Å²) in [5.41, 5.74) is 2.64. The van der Waals surface area contributed by atoms with Crippen molar-refractivity contribution in [2.75, 3.05) is 11.9 Å². The fourth-order valence-corrected chi connectivity index (χ4v) is 3.10. The maximum Gasteiger partial charge on any atom is 0.257 e. The monoisotopic (exact) mass is 425 g/mol. The van der Waals surface area contributed by atoms with Crippen LogP contribution in [-0.2, 0) is 19.6 Å². The Morgan fingerprint density at radius 1 is 0.964 bits per heavy atom. The molecule has 0 heterocycles. The fraction of sp³-hybridized carbons (Fsp3) is 0.222. The van der Waals surface area contributed by atoms with E-state index in [4.69, 9.17) is 16.3 Å². The van der Waals surface area contributed by atoms with Crippen molar-refractivity contribution in [2.24, 2.45) is 0 Å². The van der Waals surface area contributed by atoms with Gasteiger partial charge >= 0.3 is 0 Å². The summed E-state index contributed by atoms with van der Waals surface area (Å²) in [4.78, 5) is 25.6. The zero-order valence-corrected chi connectivity index (χ0v) is 16.6. The maximum absolute atomic E-state index is 12.0. The average molecular weight is 426 g/mol. The van der Waals surface area contributed by atoms with Crippen LogP contribution in [0.5, 0.6) is 5.75 Å². The van der Waals surface area contributed by atoms with E-state index in [1.165, 1.54) is 24.3 Å². The lowest BCUT2D eigenvalue weighted by molar-refractivity contribution is -0.124. The molecular weight excluding hydrogens is 406 g/mol. The number of hydrazine groups is 1. The number of carbonyl (C=O) groups excluding carboxylic acids is 2. The van der Waals surface area contributed by atoms with Gasteiger partial charge in [0.25, 0.3) is 10.0 Å². The van der Waals surface area contributed by atoms with Gasteiger partial charge in [-0.15, -0.1) is 4.83 Å². The Hall–Kier alpha value is -2.62. The van der Waals surface area contributed by atoms with E-state index in [9.17, 15) is 18.0 Å². The van der Waals surface area contributed by atoms with Gasteiger partial charge in [0, 0.05) is 23.6 Å². The second-order valence-electron chi connectivity index (χ2n) is 5.61. The normalized spacial score (nSPS) is 10.9. The second kappa shape index (κ2) is 10.1. The highest BCUT2D eigenvalue weighted by atomic mass is 35.5. The summed E-state index contributed by atoms with van der Waals surface area (Å²) in [5, 5.41) is 3.03. The molecule has 0 atom stereocenters. The topological polar surface area (TPSA) is 114 Å². The third kappa shape index (κ3) is 6.84. The van der Waals surface area contributed by atoms with Crippen molar-refractivity contribution >= 4 is 39.1 Å². The smallest absolute Gasteiger partial charge is 0.257 e. The van der Waals surface area contributed by atoms with Crippen molar-refractivity contribution in [3.8, 4) is 5.75 Å². The number of hydrogen-bond donors (Lipinski definition) is 3. The maximum atomic E-state index is 12.0. The lowest BCUT2D eigenvalue weighted by Crippen LogP contribution is -2.41. The summed E-state index contributed by atoms with van der Waals surface area (Å²) >= 11 is 5.71. The molecule has 0 aliphatic rings. The zero-order chi connectivity index (χ0) is 20.6. The Kier molecular flexibility index (Phi) is 7.80. The number of sulfonamides is 1. The molecule has 0 bridgehead atoms. The van der Waals surface area contributed by atoms with E-state index in [0.29, 0.717) is 23.1 Å². The van der Waals surface area contributed by atoms with E-state index in [2.05, 4.69) is 10.7 Å². The number of hydrogen-bond acceptors (Lipinski definition) is 5. The summed E-state index contributed by atoms with van der Waals surface area (Å²) in [5.74, 6) is -0.327. The number of ether oxygens (including phenoxy) is 1. The van der Waals surface area contributed by atoms with Crippen LogP contribution < -0.4 is 20.3 Å². The molecule has 0 radical (unpaired) electrons. The SMILES string of the molecule is CCOc1ccc(NC(=O)CCC(=O)NNS(=O)(=O)c2ccc(Cl)cc2)cc1. The zero-order valence-electron chi connectivity index (χ0n) is 15.1. The molecular formula is C18H20ClN3O5S. The molecule has 0 saturated heterocycles. The molecule has 150 valence electrons. The number of amides is 2. The molecule has 2 rings (SSSR count). The number of carbonyl (C=O) groups is 2. The molecule has 0 saturated carbocycles. The summed E-state index contributed by atoms with van der Waals surface area (Å²) in [6.07, 6.45) is -0.298. The van der Waals surface area contributed by atoms with Gasteiger partial charge in [0.2, 0.25) is 11.8 Å². The Bertz CT molecular complexity index is 915. The standard InChI is InChI=1S/C18H20ClN3O5S/c1-2-27-15-7-5-14(6-8-15)20-17(23)11-12-18(24)21-22-28(25,26)16-9-3-13(19)4-10-16/h3-10,22H,2,11-12H2,1H3,(H,20,23)(H,21,24). The number of rotatable bonds is 9. The van der Waals surface area contributed by atoms with Crippen molar-refractivity contribution < 1.29 is 22.7 Å². The van der Waals surface area contributed by atoms with Gasteiger partial charge in [-0.05, 0) is 55.5 Å². The molecule has 8 nitrogen and oxygen atoms in total. The van der Waals surface area contributed by atoms with Gasteiger partial charge in [0.05, 0.1) is 11.5 Å². The fourth-order valence-electron chi connectivity index (χ4n) is 2.11. The van der Waals surface area contributed by atoms with Gasteiger partial charge in [0.15, 0.2) is 0 Å². The van der Waals surface area contributed by atoms with Gasteiger partial charge in [-0.1, -0.05) is 11.6 Å². The minimum absolute atomic E-state index is 0.0505. The largest absolute Gasteiger partial charge is 0.494 e. The van der Waals surface area contributed by atoms with E-state index >= 15 is 0 Å². The molecule has 0 unspecified atom stereocenters. The summed E-state index contributed by atoms with van der Waals surface area (Å²) in [7, 11) is -3.92. The van der Waals surface area contributed by atoms with Crippen LogP contribution in [0.2, 0.25) is 5.02 Å². The first-order valence-electron chi connectivity index (χ1n) is 8.39. The lowest BCUT2D eigenvalue weighted by atomic mass is 10.2. The van der Waals surface area contributed by atoms with E-state index in [1.54, 1.807) is 24.3 Å². The third-order valence-corrected chi connectivity index (χ3v) is 4.99. The van der Waals surface area contributed by atoms with Crippen molar-refractivity contribution in [1.82, 2.24) is 10.3 Å². The molecule has 0 aliphatic heterocycles. The molecule has 10 heteroatoms. The Morgan fingerprint density at radius 2 is 1.57 bits per heavy atom. The minimum Gasteiger partial charge on any atom is -0.494 e. The second-order valence-corrected chi connectivity index (χ2v) is 7.73. The minimum atomic E-state index is -3.92. The third-order valence-electron chi connectivity index (χ3n) is 3.48. The van der Waals surface area contributed by atoms with E-state index in [-0.39, 0.29) is 23.6 Å². The lowest BCUT2D eigenvalue weighted by Gasteiger charge is -2.09. The average Bonchev–Trinajstić information content (AvgIpc) is 2.67. The van der Waals surface area contributed by atoms with Crippen LogP contribution >= 0.6 is 11.6 Å². The first kappa shape index (κ1) is 21.7. The summed E-state index contributed by atoms with van der Waals surface area (Å²) in [6.45, 7) is 2.42. The summed E-state index contributed by atoms with van der Waals surface area (Å²) in [6, 6.07) is 12.3. The van der Waals surface area contributed by atoms with Crippen LogP contribution in [0.15, 0.2) is 53.4 Å². The Labute approximate surface area is 168 Å². The highest BCUT2D eigenvalue weighted by Gasteiger charge is 2.15. The molecule has 28 heavy (non-hydrogen) atoms. The number of nitrogens with one attached hydrogen (secondary N) is 3. The number of anilines is 1. The van der Waals surface area contributed by atoms with Crippen LogP contribution in [0.4, 0.5) is 5.69 Å². The van der Waals surface area contributed by atoms with Gasteiger partial charge in [0.1, 0.15) is 5.75 Å². The predicted octanol–water partition coefficient (Wildman–Crippen LogP) is 2.47. The van der Waals surface area contributed by atoms with E-state index in [0.717, 1.165) is 0 Å². The molecule has 2 amide bonds.